The normalized spacial score (nSPS) is 16.0. The summed E-state index contributed by atoms with van der Waals surface area (Å²) in [6.07, 6.45) is 11.3. The molecule has 5 rings (SSSR count). The number of Topliss-reactive ketones (excluding diaryl/α,β-unsaturated/α-hetero) is 2. The number of aliphatic imine (C=N–C) groups is 1. The van der Waals surface area contributed by atoms with E-state index in [4.69, 9.17) is 9.47 Å². The zero-order valence-electron chi connectivity index (χ0n) is 23.2. The van der Waals surface area contributed by atoms with Crippen LogP contribution in [0.15, 0.2) is 65.6 Å². The number of aromatic nitrogens is 2. The third-order valence-electron chi connectivity index (χ3n) is 7.42. The van der Waals surface area contributed by atoms with Gasteiger partial charge in [0, 0.05) is 61.1 Å². The van der Waals surface area contributed by atoms with Crippen molar-refractivity contribution in [3.63, 3.8) is 0 Å². The largest absolute Gasteiger partial charge is 0.493 e. The molecule has 0 saturated heterocycles. The number of rotatable bonds is 13. The number of H-pyrrole nitrogens is 1. The number of benzene rings is 2. The van der Waals surface area contributed by atoms with Crippen molar-refractivity contribution in [2.24, 2.45) is 10.9 Å². The number of ketones is 2. The molecular formula is C32H36N4O4. The molecule has 208 valence electrons. The Balaban J connectivity index is 1.24. The summed E-state index contributed by atoms with van der Waals surface area (Å²) in [5.41, 5.74) is 5.66. The van der Waals surface area contributed by atoms with Crippen LogP contribution in [0.4, 0.5) is 0 Å². The maximum absolute atomic E-state index is 13.5. The summed E-state index contributed by atoms with van der Waals surface area (Å²) < 4.78 is 12.1. The molecule has 2 aliphatic rings. The lowest BCUT2D eigenvalue weighted by Gasteiger charge is -2.25. The molecule has 8 heteroatoms. The number of ether oxygens (including phenoxy) is 2. The van der Waals surface area contributed by atoms with Gasteiger partial charge in [-0.1, -0.05) is 12.1 Å². The van der Waals surface area contributed by atoms with Crippen LogP contribution >= 0.6 is 0 Å². The zero-order chi connectivity index (χ0) is 27.9. The first-order valence-corrected chi connectivity index (χ1v) is 13.9. The first kappa shape index (κ1) is 27.5. The van der Waals surface area contributed by atoms with E-state index >= 15 is 0 Å². The molecule has 0 bridgehead atoms. The second kappa shape index (κ2) is 12.9. The summed E-state index contributed by atoms with van der Waals surface area (Å²) in [7, 11) is 4.00. The van der Waals surface area contributed by atoms with E-state index in [2.05, 4.69) is 20.1 Å². The Hall–Kier alpha value is -4.04. The minimum Gasteiger partial charge on any atom is -0.493 e. The minimum absolute atomic E-state index is 0.1000. The van der Waals surface area contributed by atoms with Crippen molar-refractivity contribution >= 4 is 17.8 Å². The van der Waals surface area contributed by atoms with Gasteiger partial charge in [0.15, 0.2) is 5.78 Å². The van der Waals surface area contributed by atoms with Crippen LogP contribution in [-0.4, -0.2) is 66.7 Å². The van der Waals surface area contributed by atoms with Crippen LogP contribution < -0.4 is 9.47 Å². The van der Waals surface area contributed by atoms with Gasteiger partial charge < -0.3 is 14.4 Å². The van der Waals surface area contributed by atoms with E-state index < -0.39 is 0 Å². The third kappa shape index (κ3) is 6.93. The summed E-state index contributed by atoms with van der Waals surface area (Å²) in [5.74, 6) is 1.40. The molecule has 3 heterocycles. The number of hydrogen-bond donors (Lipinski definition) is 1. The molecule has 1 atom stereocenters. The summed E-state index contributed by atoms with van der Waals surface area (Å²) in [4.78, 5) is 32.5. The van der Waals surface area contributed by atoms with Crippen LogP contribution in [0.5, 0.6) is 11.5 Å². The highest BCUT2D eigenvalue weighted by Crippen LogP contribution is 2.32. The maximum Gasteiger partial charge on any atom is 0.162 e. The number of hydrogen-bond acceptors (Lipinski definition) is 7. The van der Waals surface area contributed by atoms with Gasteiger partial charge in [0.1, 0.15) is 23.9 Å². The van der Waals surface area contributed by atoms with Crippen molar-refractivity contribution in [2.75, 3.05) is 33.9 Å². The number of allylic oxidation sites excluding steroid dienone is 1. The fourth-order valence-electron chi connectivity index (χ4n) is 5.04. The van der Waals surface area contributed by atoms with Crippen molar-refractivity contribution in [1.82, 2.24) is 15.1 Å². The predicted molar refractivity (Wildman–Crippen MR) is 155 cm³/mol. The molecular weight excluding hydrogens is 504 g/mol. The Morgan fingerprint density at radius 2 is 2.05 bits per heavy atom. The average molecular weight is 541 g/mol. The standard InChI is InChI=1S/C32H36N4O4/c1-36(2)12-13-39-32-17-23(28-19-34-35-20-28)6-7-25(32)16-30(38)27-15-26-14-24(8-9-31(26)40-21-27)29(37)5-3-4-22-10-11-33-18-22/h6-9,11,14,17-20,27H,3-5,10,12-13,15-16,21H2,1-2H3,(H,34,35). The third-order valence-corrected chi connectivity index (χ3v) is 7.42. The highest BCUT2D eigenvalue weighted by Gasteiger charge is 2.27. The Morgan fingerprint density at radius 3 is 2.83 bits per heavy atom. The molecule has 1 aromatic heterocycles. The summed E-state index contributed by atoms with van der Waals surface area (Å²) >= 11 is 0. The highest BCUT2D eigenvalue weighted by molar-refractivity contribution is 5.96. The van der Waals surface area contributed by atoms with Gasteiger partial charge in [-0.05, 0) is 74.3 Å². The Labute approximate surface area is 235 Å². The van der Waals surface area contributed by atoms with Crippen molar-refractivity contribution in [3.05, 3.63) is 77.3 Å². The molecule has 0 saturated carbocycles. The van der Waals surface area contributed by atoms with E-state index in [1.807, 2.05) is 69.1 Å². The van der Waals surface area contributed by atoms with Gasteiger partial charge in [-0.15, -0.1) is 0 Å². The van der Waals surface area contributed by atoms with Crippen LogP contribution in [-0.2, 0) is 17.6 Å². The number of aromatic amines is 1. The Morgan fingerprint density at radius 1 is 1.15 bits per heavy atom. The van der Waals surface area contributed by atoms with Crippen LogP contribution in [0.2, 0.25) is 0 Å². The number of nitrogens with zero attached hydrogens (tertiary/aromatic N) is 3. The van der Waals surface area contributed by atoms with Crippen LogP contribution in [0.3, 0.4) is 0 Å². The molecule has 0 amide bonds. The monoisotopic (exact) mass is 540 g/mol. The van der Waals surface area contributed by atoms with Gasteiger partial charge in [-0.3, -0.25) is 19.7 Å². The highest BCUT2D eigenvalue weighted by atomic mass is 16.5. The Bertz CT molecular complexity index is 1410. The van der Waals surface area contributed by atoms with Crippen molar-refractivity contribution in [3.8, 4) is 22.6 Å². The van der Waals surface area contributed by atoms with Crippen molar-refractivity contribution in [1.29, 1.82) is 0 Å². The molecule has 0 aliphatic carbocycles. The molecule has 3 aromatic rings. The Kier molecular flexibility index (Phi) is 8.86. The first-order chi connectivity index (χ1) is 19.5. The lowest BCUT2D eigenvalue weighted by molar-refractivity contribution is -0.123. The molecule has 0 spiro atoms. The molecule has 0 radical (unpaired) electrons. The van der Waals surface area contributed by atoms with Gasteiger partial charge in [-0.2, -0.15) is 5.10 Å². The van der Waals surface area contributed by atoms with Crippen LogP contribution in [0.1, 0.15) is 47.2 Å². The smallest absolute Gasteiger partial charge is 0.162 e. The quantitative estimate of drug-likeness (QED) is 0.303. The van der Waals surface area contributed by atoms with E-state index in [9.17, 15) is 9.59 Å². The number of nitrogens with one attached hydrogen (secondary N) is 1. The zero-order valence-corrected chi connectivity index (χ0v) is 23.2. The summed E-state index contributed by atoms with van der Waals surface area (Å²) in [6, 6.07) is 11.5. The lowest BCUT2D eigenvalue weighted by Crippen LogP contribution is -2.29. The van der Waals surface area contributed by atoms with Gasteiger partial charge in [0.05, 0.1) is 18.7 Å². The van der Waals surface area contributed by atoms with E-state index in [0.29, 0.717) is 37.4 Å². The summed E-state index contributed by atoms with van der Waals surface area (Å²) in [6.45, 7) is 1.62. The molecule has 40 heavy (non-hydrogen) atoms. The predicted octanol–water partition coefficient (Wildman–Crippen LogP) is 5.09. The minimum atomic E-state index is -0.282. The van der Waals surface area contributed by atoms with Gasteiger partial charge >= 0.3 is 0 Å². The molecule has 1 unspecified atom stereocenters. The van der Waals surface area contributed by atoms with Crippen LogP contribution in [0, 0.1) is 5.92 Å². The maximum atomic E-state index is 13.5. The topological polar surface area (TPSA) is 96.9 Å². The van der Waals surface area contributed by atoms with Crippen molar-refractivity contribution < 1.29 is 19.1 Å². The fourth-order valence-corrected chi connectivity index (χ4v) is 5.04. The molecule has 1 N–H and O–H groups in total. The first-order valence-electron chi connectivity index (χ1n) is 13.9. The van der Waals surface area contributed by atoms with Gasteiger partial charge in [-0.25, -0.2) is 0 Å². The molecule has 8 nitrogen and oxygen atoms in total. The second-order valence-corrected chi connectivity index (χ2v) is 10.7. The van der Waals surface area contributed by atoms with E-state index in [1.165, 1.54) is 5.57 Å². The number of carbonyl (C=O) groups is 2. The summed E-state index contributed by atoms with van der Waals surface area (Å²) in [5, 5.41) is 6.89. The van der Waals surface area contributed by atoms with E-state index in [-0.39, 0.29) is 23.9 Å². The molecule has 2 aliphatic heterocycles. The fraction of sp³-hybridized carbons (Fsp3) is 0.375. The second-order valence-electron chi connectivity index (χ2n) is 10.7. The van der Waals surface area contributed by atoms with Gasteiger partial charge in [0.2, 0.25) is 0 Å². The SMILES string of the molecule is CN(C)CCOc1cc(-c2cn[nH]c2)ccc1CC(=O)C1COc2ccc(C(=O)CCCC3=CN=CC3)cc2C1. The molecule has 2 aromatic carbocycles. The number of carbonyl (C=O) groups excluding carboxylic acids is 2. The van der Waals surface area contributed by atoms with Crippen LogP contribution in [0.25, 0.3) is 11.1 Å². The molecule has 0 fully saturated rings. The van der Waals surface area contributed by atoms with Gasteiger partial charge in [0.25, 0.3) is 0 Å². The number of likely N-dealkylation sites (N-methyl/N-ethyl adjacent to an activating group) is 1. The van der Waals surface area contributed by atoms with E-state index in [1.54, 1.807) is 6.20 Å². The average Bonchev–Trinajstić information content (AvgIpc) is 3.68. The lowest BCUT2D eigenvalue weighted by atomic mass is 9.88. The van der Waals surface area contributed by atoms with Crippen molar-refractivity contribution in [2.45, 2.75) is 38.5 Å². The number of fused-ring (bicyclic) bond motifs is 1. The van der Waals surface area contributed by atoms with E-state index in [0.717, 1.165) is 53.8 Å².